The zero-order valence-corrected chi connectivity index (χ0v) is 22.0. The summed E-state index contributed by atoms with van der Waals surface area (Å²) >= 11 is 0. The Kier molecular flexibility index (Phi) is 9.23. The van der Waals surface area contributed by atoms with Crippen molar-refractivity contribution in [3.8, 4) is 23.0 Å². The summed E-state index contributed by atoms with van der Waals surface area (Å²) in [5.41, 5.74) is 2.50. The third-order valence-electron chi connectivity index (χ3n) is 6.13. The standard InChI is InChI=1S/C30H33N3O5/c1-35-26-17-25(18-27(19-26)36-2)30(34)33(14-7-13-32-15-12-31-22-32)20-24-10-11-28(29(16-24)37-3)38-21-23-8-5-4-6-9-23/h4-6,8-12,15-19,22H,7,13-14,20-21H2,1-3H3. The van der Waals surface area contributed by atoms with Crippen molar-refractivity contribution in [2.75, 3.05) is 27.9 Å². The second-order valence-electron chi connectivity index (χ2n) is 8.74. The van der Waals surface area contributed by atoms with E-state index in [9.17, 15) is 4.79 Å². The van der Waals surface area contributed by atoms with Crippen LogP contribution in [-0.2, 0) is 19.7 Å². The fourth-order valence-electron chi connectivity index (χ4n) is 4.11. The molecule has 198 valence electrons. The first kappa shape index (κ1) is 26.6. The van der Waals surface area contributed by atoms with E-state index in [0.717, 1.165) is 24.1 Å². The SMILES string of the molecule is COc1cc(OC)cc(C(=O)N(CCCn2ccnc2)Cc2ccc(OCc3ccccc3)c(OC)c2)c1. The number of hydrogen-bond acceptors (Lipinski definition) is 6. The Bertz CT molecular complexity index is 1290. The number of rotatable bonds is 13. The van der Waals surface area contributed by atoms with E-state index in [1.807, 2.05) is 64.2 Å². The van der Waals surface area contributed by atoms with Gasteiger partial charge in [0.25, 0.3) is 5.91 Å². The molecule has 0 N–H and O–H groups in total. The first-order chi connectivity index (χ1) is 18.6. The predicted molar refractivity (Wildman–Crippen MR) is 145 cm³/mol. The lowest BCUT2D eigenvalue weighted by atomic mass is 10.1. The van der Waals surface area contributed by atoms with Crippen LogP contribution in [0.4, 0.5) is 0 Å². The number of aromatic nitrogens is 2. The number of nitrogens with zero attached hydrogens (tertiary/aromatic N) is 3. The second-order valence-corrected chi connectivity index (χ2v) is 8.74. The van der Waals surface area contributed by atoms with Gasteiger partial charge in [-0.2, -0.15) is 0 Å². The Morgan fingerprint density at radius 3 is 2.29 bits per heavy atom. The Labute approximate surface area is 223 Å². The number of amides is 1. The third kappa shape index (κ3) is 7.06. The fourth-order valence-corrected chi connectivity index (χ4v) is 4.11. The van der Waals surface area contributed by atoms with E-state index in [-0.39, 0.29) is 5.91 Å². The lowest BCUT2D eigenvalue weighted by Gasteiger charge is -2.24. The Morgan fingerprint density at radius 1 is 0.868 bits per heavy atom. The van der Waals surface area contributed by atoms with Crippen molar-refractivity contribution in [3.05, 3.63) is 102 Å². The summed E-state index contributed by atoms with van der Waals surface area (Å²) in [6, 6.07) is 21.0. The van der Waals surface area contributed by atoms with Gasteiger partial charge in [-0.15, -0.1) is 0 Å². The number of carbonyl (C=O) groups excluding carboxylic acids is 1. The minimum atomic E-state index is -0.115. The Hall–Kier alpha value is -4.46. The maximum Gasteiger partial charge on any atom is 0.254 e. The highest BCUT2D eigenvalue weighted by atomic mass is 16.5. The molecular weight excluding hydrogens is 482 g/mol. The number of benzene rings is 3. The van der Waals surface area contributed by atoms with Crippen molar-refractivity contribution >= 4 is 5.91 Å². The lowest BCUT2D eigenvalue weighted by molar-refractivity contribution is 0.0738. The first-order valence-electron chi connectivity index (χ1n) is 12.4. The van der Waals surface area contributed by atoms with Crippen molar-refractivity contribution in [3.63, 3.8) is 0 Å². The van der Waals surface area contributed by atoms with Crippen LogP contribution in [0.3, 0.4) is 0 Å². The van der Waals surface area contributed by atoms with Crippen molar-refractivity contribution in [1.29, 1.82) is 0 Å². The molecule has 3 aromatic carbocycles. The highest BCUT2D eigenvalue weighted by molar-refractivity contribution is 5.95. The molecule has 0 radical (unpaired) electrons. The maximum absolute atomic E-state index is 13.7. The van der Waals surface area contributed by atoms with Crippen LogP contribution in [0.15, 0.2) is 85.5 Å². The van der Waals surface area contributed by atoms with Gasteiger partial charge in [-0.3, -0.25) is 4.79 Å². The van der Waals surface area contributed by atoms with E-state index in [2.05, 4.69) is 4.98 Å². The summed E-state index contributed by atoms with van der Waals surface area (Å²) in [6.45, 7) is 2.14. The largest absolute Gasteiger partial charge is 0.497 e. The van der Waals surface area contributed by atoms with E-state index in [4.69, 9.17) is 18.9 Å². The minimum absolute atomic E-state index is 0.115. The Morgan fingerprint density at radius 2 is 1.63 bits per heavy atom. The van der Waals surface area contributed by atoms with E-state index in [1.165, 1.54) is 0 Å². The van der Waals surface area contributed by atoms with Crippen LogP contribution in [-0.4, -0.2) is 48.2 Å². The highest BCUT2D eigenvalue weighted by Crippen LogP contribution is 2.30. The van der Waals surface area contributed by atoms with Gasteiger partial charge in [-0.05, 0) is 41.8 Å². The molecule has 0 bridgehead atoms. The summed E-state index contributed by atoms with van der Waals surface area (Å²) < 4.78 is 24.4. The molecule has 0 fully saturated rings. The molecule has 1 amide bonds. The molecule has 1 heterocycles. The number of aryl methyl sites for hydroxylation is 1. The zero-order valence-electron chi connectivity index (χ0n) is 22.0. The molecule has 0 unspecified atom stereocenters. The van der Waals surface area contributed by atoms with E-state index in [1.54, 1.807) is 52.1 Å². The predicted octanol–water partition coefficient (Wildman–Crippen LogP) is 5.22. The quantitative estimate of drug-likeness (QED) is 0.243. The highest BCUT2D eigenvalue weighted by Gasteiger charge is 2.19. The van der Waals surface area contributed by atoms with Gasteiger partial charge < -0.3 is 28.4 Å². The normalized spacial score (nSPS) is 10.6. The molecule has 0 aliphatic heterocycles. The molecule has 0 aliphatic carbocycles. The van der Waals surface area contributed by atoms with Crippen molar-refractivity contribution in [1.82, 2.24) is 14.5 Å². The number of methoxy groups -OCH3 is 3. The number of hydrogen-bond donors (Lipinski definition) is 0. The zero-order chi connectivity index (χ0) is 26.7. The van der Waals surface area contributed by atoms with Crippen molar-refractivity contribution in [2.45, 2.75) is 26.1 Å². The number of imidazole rings is 1. The molecule has 38 heavy (non-hydrogen) atoms. The number of carbonyl (C=O) groups is 1. The molecule has 4 aromatic rings. The van der Waals surface area contributed by atoms with Crippen LogP contribution in [0.1, 0.15) is 27.9 Å². The molecule has 8 heteroatoms. The molecule has 8 nitrogen and oxygen atoms in total. The summed E-state index contributed by atoms with van der Waals surface area (Å²) in [5, 5.41) is 0. The summed E-state index contributed by atoms with van der Waals surface area (Å²) in [6.07, 6.45) is 6.20. The third-order valence-corrected chi connectivity index (χ3v) is 6.13. The van der Waals surface area contributed by atoms with Crippen molar-refractivity contribution < 1.29 is 23.7 Å². The first-order valence-corrected chi connectivity index (χ1v) is 12.4. The van der Waals surface area contributed by atoms with Crippen LogP contribution >= 0.6 is 0 Å². The monoisotopic (exact) mass is 515 g/mol. The lowest BCUT2D eigenvalue weighted by Crippen LogP contribution is -2.32. The molecule has 1 aromatic heterocycles. The average molecular weight is 516 g/mol. The smallest absolute Gasteiger partial charge is 0.254 e. The van der Waals surface area contributed by atoms with Crippen LogP contribution in [0.2, 0.25) is 0 Å². The topological polar surface area (TPSA) is 75.1 Å². The fraction of sp³-hybridized carbons (Fsp3) is 0.267. The number of ether oxygens (including phenoxy) is 4. The van der Waals surface area contributed by atoms with Crippen LogP contribution in [0.5, 0.6) is 23.0 Å². The molecule has 4 rings (SSSR count). The van der Waals surface area contributed by atoms with Gasteiger partial charge in [-0.1, -0.05) is 36.4 Å². The van der Waals surface area contributed by atoms with E-state index >= 15 is 0 Å². The molecule has 0 saturated heterocycles. The summed E-state index contributed by atoms with van der Waals surface area (Å²) in [4.78, 5) is 19.6. The van der Waals surface area contributed by atoms with Crippen LogP contribution in [0.25, 0.3) is 0 Å². The Balaban J connectivity index is 1.53. The van der Waals surface area contributed by atoms with Gasteiger partial charge in [0.2, 0.25) is 0 Å². The van der Waals surface area contributed by atoms with Gasteiger partial charge in [0.15, 0.2) is 11.5 Å². The van der Waals surface area contributed by atoms with Gasteiger partial charge >= 0.3 is 0 Å². The molecule has 0 aliphatic rings. The van der Waals surface area contributed by atoms with E-state index in [0.29, 0.717) is 48.3 Å². The van der Waals surface area contributed by atoms with E-state index < -0.39 is 0 Å². The molecule has 0 saturated carbocycles. The molecule has 0 atom stereocenters. The molecule has 0 spiro atoms. The molecular formula is C30H33N3O5. The van der Waals surface area contributed by atoms with Gasteiger partial charge in [0.1, 0.15) is 18.1 Å². The van der Waals surface area contributed by atoms with Gasteiger partial charge in [-0.25, -0.2) is 4.98 Å². The van der Waals surface area contributed by atoms with Crippen LogP contribution in [0, 0.1) is 0 Å². The second kappa shape index (κ2) is 13.2. The average Bonchev–Trinajstić information content (AvgIpc) is 3.49. The van der Waals surface area contributed by atoms with Crippen molar-refractivity contribution in [2.24, 2.45) is 0 Å². The maximum atomic E-state index is 13.7. The van der Waals surface area contributed by atoms with Gasteiger partial charge in [0, 0.05) is 43.7 Å². The summed E-state index contributed by atoms with van der Waals surface area (Å²) in [5.74, 6) is 2.28. The minimum Gasteiger partial charge on any atom is -0.497 e. The van der Waals surface area contributed by atoms with Gasteiger partial charge in [0.05, 0.1) is 27.7 Å². The van der Waals surface area contributed by atoms with Crippen LogP contribution < -0.4 is 18.9 Å². The summed E-state index contributed by atoms with van der Waals surface area (Å²) in [7, 11) is 4.75.